The molecule has 0 aromatic carbocycles. The number of hydrogen-bond acceptors (Lipinski definition) is 1. The van der Waals surface area contributed by atoms with Gasteiger partial charge in [0.2, 0.25) is 0 Å². The van der Waals surface area contributed by atoms with Crippen LogP contribution in [-0.2, 0) is 4.79 Å². The molecule has 0 aromatic rings. The predicted molar refractivity (Wildman–Crippen MR) is 41.6 cm³/mol. The predicted octanol–water partition coefficient (Wildman–Crippen LogP) is 2.85. The third-order valence-electron chi connectivity index (χ3n) is 2.15. The summed E-state index contributed by atoms with van der Waals surface area (Å²) in [7, 11) is 0. The molecule has 0 spiro atoms. The van der Waals surface area contributed by atoms with E-state index in [-0.39, 0.29) is 0 Å². The topological polar surface area (TPSA) is 37.3 Å². The van der Waals surface area contributed by atoms with Crippen LogP contribution in [0.25, 0.3) is 0 Å². The Balaban J connectivity index is 5.38. The van der Waals surface area contributed by atoms with Crippen LogP contribution in [0.1, 0.15) is 13.8 Å². The Bertz CT molecular complexity index is 290. The summed E-state index contributed by atoms with van der Waals surface area (Å²) >= 11 is 0. The van der Waals surface area contributed by atoms with Gasteiger partial charge in [0.1, 0.15) is 0 Å². The lowest BCUT2D eigenvalue weighted by molar-refractivity contribution is -0.314. The molecule has 0 fully saturated rings. The van der Waals surface area contributed by atoms with E-state index in [2.05, 4.69) is 6.58 Å². The number of halogens is 5. The van der Waals surface area contributed by atoms with Crippen LogP contribution in [0.15, 0.2) is 12.2 Å². The van der Waals surface area contributed by atoms with Crippen LogP contribution >= 0.6 is 0 Å². The molecule has 0 aliphatic rings. The first-order valence-electron chi connectivity index (χ1n) is 3.73. The fourth-order valence-corrected chi connectivity index (χ4v) is 0.811. The first kappa shape index (κ1) is 13.9. The van der Waals surface area contributed by atoms with Crippen molar-refractivity contribution in [2.24, 2.45) is 5.41 Å². The third-order valence-corrected chi connectivity index (χ3v) is 2.15. The fraction of sp³-hybridized carbons (Fsp3) is 0.625. The monoisotopic (exact) mass is 232 g/mol. The van der Waals surface area contributed by atoms with E-state index in [9.17, 15) is 26.7 Å². The summed E-state index contributed by atoms with van der Waals surface area (Å²) in [5.74, 6) is -7.03. The smallest absolute Gasteiger partial charge is 0.454 e. The van der Waals surface area contributed by atoms with E-state index in [4.69, 9.17) is 5.11 Å². The molecule has 0 radical (unpaired) electrons. The molecule has 0 heterocycles. The Morgan fingerprint density at radius 2 is 1.47 bits per heavy atom. The highest BCUT2D eigenvalue weighted by Crippen LogP contribution is 2.51. The summed E-state index contributed by atoms with van der Waals surface area (Å²) in [6.45, 7) is 3.69. The minimum absolute atomic E-state index is 0.483. The zero-order valence-corrected chi connectivity index (χ0v) is 7.95. The van der Waals surface area contributed by atoms with Crippen LogP contribution in [-0.4, -0.2) is 23.2 Å². The molecule has 2 nitrogen and oxygen atoms in total. The van der Waals surface area contributed by atoms with Gasteiger partial charge in [0.25, 0.3) is 0 Å². The standard InChI is InChI=1S/C8H9F5O2/c1-4(5(14)15)6(2,3)7(9,10)8(11,12)13/h1H2,2-3H3,(H,14,15). The molecule has 0 atom stereocenters. The first-order valence-corrected chi connectivity index (χ1v) is 3.73. The number of hydrogen-bond donors (Lipinski definition) is 1. The number of aliphatic carboxylic acids is 1. The van der Waals surface area contributed by atoms with Gasteiger partial charge < -0.3 is 5.11 Å². The summed E-state index contributed by atoms with van der Waals surface area (Å²) in [5.41, 5.74) is -4.08. The highest BCUT2D eigenvalue weighted by molar-refractivity contribution is 5.87. The maximum atomic E-state index is 12.9. The third kappa shape index (κ3) is 2.10. The molecule has 0 unspecified atom stereocenters. The van der Waals surface area contributed by atoms with Crippen molar-refractivity contribution in [2.45, 2.75) is 25.9 Å². The number of rotatable bonds is 3. The van der Waals surface area contributed by atoms with Gasteiger partial charge in [-0.1, -0.05) is 6.58 Å². The van der Waals surface area contributed by atoms with Gasteiger partial charge in [-0.25, -0.2) is 4.79 Å². The van der Waals surface area contributed by atoms with E-state index in [0.29, 0.717) is 13.8 Å². The maximum Gasteiger partial charge on any atom is 0.454 e. The number of alkyl halides is 5. The van der Waals surface area contributed by atoms with Crippen molar-refractivity contribution in [3.05, 3.63) is 12.2 Å². The number of carboxylic acid groups (broad SMARTS) is 1. The molecule has 0 aliphatic heterocycles. The van der Waals surface area contributed by atoms with Crippen molar-refractivity contribution in [1.82, 2.24) is 0 Å². The summed E-state index contributed by atoms with van der Waals surface area (Å²) < 4.78 is 61.6. The molecule has 15 heavy (non-hydrogen) atoms. The molecule has 1 N–H and O–H groups in total. The van der Waals surface area contributed by atoms with Crippen LogP contribution in [0, 0.1) is 5.41 Å². The molecular formula is C8H9F5O2. The SMILES string of the molecule is C=C(C(=O)O)C(C)(C)C(F)(F)C(F)(F)F. The zero-order valence-electron chi connectivity index (χ0n) is 7.95. The van der Waals surface area contributed by atoms with Crippen LogP contribution in [0.4, 0.5) is 22.0 Å². The van der Waals surface area contributed by atoms with E-state index in [0.717, 1.165) is 0 Å². The van der Waals surface area contributed by atoms with E-state index >= 15 is 0 Å². The molecule has 0 bridgehead atoms. The molecule has 7 heteroatoms. The van der Waals surface area contributed by atoms with Crippen LogP contribution in [0.2, 0.25) is 0 Å². The van der Waals surface area contributed by atoms with Gasteiger partial charge in [0.05, 0.1) is 5.41 Å². The summed E-state index contributed by atoms with van der Waals surface area (Å²) in [5, 5.41) is 8.35. The fourth-order valence-electron chi connectivity index (χ4n) is 0.811. The Hall–Kier alpha value is -1.14. The zero-order chi connectivity index (χ0) is 12.7. The van der Waals surface area contributed by atoms with Gasteiger partial charge in [0, 0.05) is 5.57 Å². The van der Waals surface area contributed by atoms with Crippen molar-refractivity contribution in [2.75, 3.05) is 0 Å². The molecule has 0 saturated heterocycles. The number of carboxylic acids is 1. The van der Waals surface area contributed by atoms with E-state index < -0.39 is 29.1 Å². The molecule has 0 rings (SSSR count). The Kier molecular flexibility index (Phi) is 3.20. The van der Waals surface area contributed by atoms with E-state index in [1.807, 2.05) is 0 Å². The van der Waals surface area contributed by atoms with Gasteiger partial charge in [-0.3, -0.25) is 0 Å². The summed E-state index contributed by atoms with van der Waals surface area (Å²) in [4.78, 5) is 10.3. The molecule has 0 aliphatic carbocycles. The van der Waals surface area contributed by atoms with Crippen LogP contribution < -0.4 is 0 Å². The van der Waals surface area contributed by atoms with Gasteiger partial charge in [-0.2, -0.15) is 22.0 Å². The molecule has 0 saturated carbocycles. The maximum absolute atomic E-state index is 12.9. The molecule has 0 amide bonds. The summed E-state index contributed by atoms with van der Waals surface area (Å²) in [6.07, 6.45) is -5.81. The van der Waals surface area contributed by atoms with Crippen LogP contribution in [0.3, 0.4) is 0 Å². The Labute approximate surface area is 82.4 Å². The minimum Gasteiger partial charge on any atom is -0.478 e. The molecule has 88 valence electrons. The summed E-state index contributed by atoms with van der Waals surface area (Å²) in [6, 6.07) is 0. The van der Waals surface area contributed by atoms with E-state index in [1.165, 1.54) is 0 Å². The highest BCUT2D eigenvalue weighted by atomic mass is 19.4. The minimum atomic E-state index is -5.81. The number of carbonyl (C=O) groups is 1. The van der Waals surface area contributed by atoms with Crippen molar-refractivity contribution in [3.63, 3.8) is 0 Å². The highest BCUT2D eigenvalue weighted by Gasteiger charge is 2.67. The van der Waals surface area contributed by atoms with Crippen molar-refractivity contribution < 1.29 is 31.9 Å². The van der Waals surface area contributed by atoms with Crippen LogP contribution in [0.5, 0.6) is 0 Å². The lowest BCUT2D eigenvalue weighted by Crippen LogP contribution is -2.50. The average Bonchev–Trinajstić information content (AvgIpc) is 2.00. The molecular weight excluding hydrogens is 223 g/mol. The Morgan fingerprint density at radius 1 is 1.13 bits per heavy atom. The van der Waals surface area contributed by atoms with Crippen molar-refractivity contribution in [3.8, 4) is 0 Å². The normalized spacial score (nSPS) is 13.8. The largest absolute Gasteiger partial charge is 0.478 e. The lowest BCUT2D eigenvalue weighted by Gasteiger charge is -2.35. The second kappa shape index (κ2) is 3.46. The molecule has 0 aromatic heterocycles. The lowest BCUT2D eigenvalue weighted by atomic mass is 9.78. The van der Waals surface area contributed by atoms with Crippen molar-refractivity contribution in [1.29, 1.82) is 0 Å². The van der Waals surface area contributed by atoms with Gasteiger partial charge in [0.15, 0.2) is 0 Å². The van der Waals surface area contributed by atoms with Gasteiger partial charge in [-0.05, 0) is 13.8 Å². The first-order chi connectivity index (χ1) is 6.35. The quantitative estimate of drug-likeness (QED) is 0.600. The van der Waals surface area contributed by atoms with E-state index in [1.54, 1.807) is 0 Å². The second-order valence-electron chi connectivity index (χ2n) is 3.48. The van der Waals surface area contributed by atoms with Gasteiger partial charge in [-0.15, -0.1) is 0 Å². The average molecular weight is 232 g/mol. The Morgan fingerprint density at radius 3 is 1.67 bits per heavy atom. The van der Waals surface area contributed by atoms with Gasteiger partial charge >= 0.3 is 18.1 Å². The van der Waals surface area contributed by atoms with Crippen molar-refractivity contribution >= 4 is 5.97 Å². The second-order valence-corrected chi connectivity index (χ2v) is 3.48.